The lowest BCUT2D eigenvalue weighted by atomic mass is 10.2. The molecule has 1 aromatic heterocycles. The minimum absolute atomic E-state index is 0.133. The SMILES string of the molecule is COc1cccc(CNCc2ccc(NC(C)=O)nc2)c1Cl. The van der Waals surface area contributed by atoms with E-state index in [1.165, 1.54) is 6.92 Å². The Kier molecular flexibility index (Phi) is 5.75. The molecule has 0 aliphatic heterocycles. The second-order valence-corrected chi connectivity index (χ2v) is 5.15. The maximum absolute atomic E-state index is 10.9. The van der Waals surface area contributed by atoms with Crippen LogP contribution in [0.5, 0.6) is 5.75 Å². The molecular formula is C16H18ClN3O2. The number of hydrogen-bond donors (Lipinski definition) is 2. The molecule has 2 N–H and O–H groups in total. The lowest BCUT2D eigenvalue weighted by molar-refractivity contribution is -0.114. The molecule has 0 aliphatic carbocycles. The van der Waals surface area contributed by atoms with Crippen LogP contribution in [0.25, 0.3) is 0 Å². The molecule has 1 amide bonds. The summed E-state index contributed by atoms with van der Waals surface area (Å²) in [6.07, 6.45) is 1.73. The maximum atomic E-state index is 10.9. The van der Waals surface area contributed by atoms with Gasteiger partial charge in [-0.25, -0.2) is 4.98 Å². The third kappa shape index (κ3) is 4.44. The minimum Gasteiger partial charge on any atom is -0.495 e. The number of nitrogens with one attached hydrogen (secondary N) is 2. The van der Waals surface area contributed by atoms with Crippen LogP contribution in [0.2, 0.25) is 5.02 Å². The van der Waals surface area contributed by atoms with Crippen molar-refractivity contribution in [3.8, 4) is 5.75 Å². The molecule has 1 aromatic carbocycles. The first-order valence-electron chi connectivity index (χ1n) is 6.84. The van der Waals surface area contributed by atoms with Gasteiger partial charge in [0.1, 0.15) is 11.6 Å². The molecule has 0 saturated heterocycles. The monoisotopic (exact) mass is 319 g/mol. The zero-order valence-corrected chi connectivity index (χ0v) is 13.3. The van der Waals surface area contributed by atoms with Crippen molar-refractivity contribution in [3.05, 3.63) is 52.7 Å². The van der Waals surface area contributed by atoms with Gasteiger partial charge < -0.3 is 15.4 Å². The highest BCUT2D eigenvalue weighted by Crippen LogP contribution is 2.27. The third-order valence-electron chi connectivity index (χ3n) is 3.04. The van der Waals surface area contributed by atoms with Crippen molar-refractivity contribution >= 4 is 23.3 Å². The molecule has 1 heterocycles. The number of amides is 1. The van der Waals surface area contributed by atoms with Crippen LogP contribution < -0.4 is 15.4 Å². The van der Waals surface area contributed by atoms with Crippen LogP contribution in [0.3, 0.4) is 0 Å². The number of rotatable bonds is 6. The van der Waals surface area contributed by atoms with Gasteiger partial charge in [-0.3, -0.25) is 4.79 Å². The molecule has 0 saturated carbocycles. The van der Waals surface area contributed by atoms with Gasteiger partial charge in [0.25, 0.3) is 0 Å². The van der Waals surface area contributed by atoms with Gasteiger partial charge in [0.15, 0.2) is 0 Å². The van der Waals surface area contributed by atoms with Crippen molar-refractivity contribution in [2.24, 2.45) is 0 Å². The van der Waals surface area contributed by atoms with Crippen molar-refractivity contribution in [1.29, 1.82) is 0 Å². The number of anilines is 1. The van der Waals surface area contributed by atoms with E-state index in [4.69, 9.17) is 16.3 Å². The summed E-state index contributed by atoms with van der Waals surface area (Å²) >= 11 is 6.24. The van der Waals surface area contributed by atoms with E-state index in [1.54, 1.807) is 19.4 Å². The largest absolute Gasteiger partial charge is 0.495 e. The summed E-state index contributed by atoms with van der Waals surface area (Å²) in [5.41, 5.74) is 2.00. The predicted octanol–water partition coefficient (Wildman–Crippen LogP) is 2.99. The number of methoxy groups -OCH3 is 1. The van der Waals surface area contributed by atoms with Crippen molar-refractivity contribution < 1.29 is 9.53 Å². The Morgan fingerprint density at radius 3 is 2.73 bits per heavy atom. The van der Waals surface area contributed by atoms with Gasteiger partial charge >= 0.3 is 0 Å². The average Bonchev–Trinajstić information content (AvgIpc) is 2.50. The standard InChI is InChI=1S/C16H18ClN3O2/c1-11(21)20-15-7-6-12(9-19-15)8-18-10-13-4-3-5-14(22-2)16(13)17/h3-7,9,18H,8,10H2,1-2H3,(H,19,20,21). The van der Waals surface area contributed by atoms with E-state index < -0.39 is 0 Å². The first kappa shape index (κ1) is 16.3. The predicted molar refractivity (Wildman–Crippen MR) is 87.1 cm³/mol. The highest BCUT2D eigenvalue weighted by Gasteiger charge is 2.06. The van der Waals surface area contributed by atoms with Gasteiger partial charge in [-0.05, 0) is 23.3 Å². The van der Waals surface area contributed by atoms with E-state index in [-0.39, 0.29) is 5.91 Å². The number of hydrogen-bond acceptors (Lipinski definition) is 4. The molecule has 0 radical (unpaired) electrons. The van der Waals surface area contributed by atoms with Crippen LogP contribution >= 0.6 is 11.6 Å². The Morgan fingerprint density at radius 1 is 1.27 bits per heavy atom. The van der Waals surface area contributed by atoms with Crippen molar-refractivity contribution in [3.63, 3.8) is 0 Å². The maximum Gasteiger partial charge on any atom is 0.222 e. The fourth-order valence-electron chi connectivity index (χ4n) is 1.98. The number of halogens is 1. The number of aromatic nitrogens is 1. The summed E-state index contributed by atoms with van der Waals surface area (Å²) in [5, 5.41) is 6.56. The quantitative estimate of drug-likeness (QED) is 0.859. The van der Waals surface area contributed by atoms with Gasteiger partial charge in [0.2, 0.25) is 5.91 Å². The fraction of sp³-hybridized carbons (Fsp3) is 0.250. The van der Waals surface area contributed by atoms with E-state index in [0.29, 0.717) is 29.7 Å². The Balaban J connectivity index is 1.90. The van der Waals surface area contributed by atoms with Crippen molar-refractivity contribution in [1.82, 2.24) is 10.3 Å². The van der Waals surface area contributed by atoms with Crippen LogP contribution in [0.1, 0.15) is 18.1 Å². The molecule has 0 atom stereocenters. The highest BCUT2D eigenvalue weighted by molar-refractivity contribution is 6.32. The van der Waals surface area contributed by atoms with Crippen LogP contribution in [-0.4, -0.2) is 18.0 Å². The lowest BCUT2D eigenvalue weighted by Crippen LogP contribution is -2.14. The van der Waals surface area contributed by atoms with Crippen molar-refractivity contribution in [2.75, 3.05) is 12.4 Å². The first-order chi connectivity index (χ1) is 10.6. The smallest absolute Gasteiger partial charge is 0.222 e. The van der Waals surface area contributed by atoms with Crippen LogP contribution in [0.15, 0.2) is 36.5 Å². The normalized spacial score (nSPS) is 10.3. The van der Waals surface area contributed by atoms with Gasteiger partial charge in [0.05, 0.1) is 12.1 Å². The molecule has 5 nitrogen and oxygen atoms in total. The second kappa shape index (κ2) is 7.77. The molecule has 0 fully saturated rings. The minimum atomic E-state index is -0.133. The summed E-state index contributed by atoms with van der Waals surface area (Å²) < 4.78 is 5.19. The van der Waals surface area contributed by atoms with Gasteiger partial charge in [0, 0.05) is 26.2 Å². The van der Waals surface area contributed by atoms with E-state index in [1.807, 2.05) is 24.3 Å². The van der Waals surface area contributed by atoms with Crippen LogP contribution in [0, 0.1) is 0 Å². The first-order valence-corrected chi connectivity index (χ1v) is 7.22. The summed E-state index contributed by atoms with van der Waals surface area (Å²) in [6.45, 7) is 2.74. The topological polar surface area (TPSA) is 63.2 Å². The van der Waals surface area contributed by atoms with Gasteiger partial charge in [-0.15, -0.1) is 0 Å². The summed E-state index contributed by atoms with van der Waals surface area (Å²) in [6, 6.07) is 9.38. The summed E-state index contributed by atoms with van der Waals surface area (Å²) in [5.74, 6) is 1.08. The third-order valence-corrected chi connectivity index (χ3v) is 3.47. The molecule has 22 heavy (non-hydrogen) atoms. The molecule has 116 valence electrons. The number of carbonyl (C=O) groups excluding carboxylic acids is 1. The number of nitrogens with zero attached hydrogens (tertiary/aromatic N) is 1. The second-order valence-electron chi connectivity index (χ2n) is 4.77. The molecule has 0 bridgehead atoms. The van der Waals surface area contributed by atoms with Crippen LogP contribution in [-0.2, 0) is 17.9 Å². The zero-order valence-electron chi connectivity index (χ0n) is 12.5. The van der Waals surface area contributed by atoms with E-state index in [0.717, 1.165) is 11.1 Å². The summed E-state index contributed by atoms with van der Waals surface area (Å²) in [7, 11) is 1.60. The lowest BCUT2D eigenvalue weighted by Gasteiger charge is -2.10. The van der Waals surface area contributed by atoms with E-state index in [2.05, 4.69) is 15.6 Å². The average molecular weight is 320 g/mol. The molecule has 2 aromatic rings. The van der Waals surface area contributed by atoms with E-state index >= 15 is 0 Å². The molecule has 2 rings (SSSR count). The number of benzene rings is 1. The molecular weight excluding hydrogens is 302 g/mol. The number of ether oxygens (including phenoxy) is 1. The van der Waals surface area contributed by atoms with Crippen LogP contribution in [0.4, 0.5) is 5.82 Å². The Hall–Kier alpha value is -2.11. The summed E-state index contributed by atoms with van der Waals surface area (Å²) in [4.78, 5) is 15.1. The molecule has 0 unspecified atom stereocenters. The Bertz CT molecular complexity index is 644. The molecule has 6 heteroatoms. The molecule has 0 spiro atoms. The van der Waals surface area contributed by atoms with Gasteiger partial charge in [-0.2, -0.15) is 0 Å². The fourth-order valence-corrected chi connectivity index (χ4v) is 2.25. The molecule has 0 aliphatic rings. The zero-order chi connectivity index (χ0) is 15.9. The van der Waals surface area contributed by atoms with Gasteiger partial charge in [-0.1, -0.05) is 29.8 Å². The highest BCUT2D eigenvalue weighted by atomic mass is 35.5. The Labute approximate surface area is 134 Å². The Morgan fingerprint density at radius 2 is 2.09 bits per heavy atom. The number of pyridine rings is 1. The van der Waals surface area contributed by atoms with E-state index in [9.17, 15) is 4.79 Å². The van der Waals surface area contributed by atoms with Crippen molar-refractivity contribution in [2.45, 2.75) is 20.0 Å². The number of carbonyl (C=O) groups is 1.